The fraction of sp³-hybridized carbons (Fsp3) is 0.471. The molecule has 2 N–H and O–H groups in total. The predicted molar refractivity (Wildman–Crippen MR) is 91.0 cm³/mol. The molecule has 3 atom stereocenters. The van der Waals surface area contributed by atoms with Gasteiger partial charge in [-0.15, -0.1) is 0 Å². The molecule has 2 saturated heterocycles. The monoisotopic (exact) mass is 326 g/mol. The highest BCUT2D eigenvalue weighted by atomic mass is 16.5. The Hall–Kier alpha value is -2.41. The third-order valence-electron chi connectivity index (χ3n) is 4.73. The van der Waals surface area contributed by atoms with Crippen molar-refractivity contribution in [2.75, 3.05) is 7.05 Å². The number of hydrogen-bond donors (Lipinski definition) is 2. The van der Waals surface area contributed by atoms with Crippen LogP contribution in [-0.4, -0.2) is 46.0 Å². The SMILES string of the molecule is CN=C(NCc1ccc(-n2cncn2)cc1)NC1CC2CCC1O2. The summed E-state index contributed by atoms with van der Waals surface area (Å²) in [5.41, 5.74) is 2.18. The fourth-order valence-electron chi connectivity index (χ4n) is 3.45. The van der Waals surface area contributed by atoms with Crippen molar-refractivity contribution in [1.29, 1.82) is 0 Å². The maximum Gasteiger partial charge on any atom is 0.191 e. The second-order valence-electron chi connectivity index (χ2n) is 6.29. The Morgan fingerprint density at radius 3 is 2.83 bits per heavy atom. The van der Waals surface area contributed by atoms with Crippen LogP contribution in [0.2, 0.25) is 0 Å². The molecule has 3 heterocycles. The van der Waals surface area contributed by atoms with Crippen LogP contribution in [0.15, 0.2) is 41.9 Å². The molecule has 0 saturated carbocycles. The average Bonchev–Trinajstić information content (AvgIpc) is 3.36. The molecule has 0 amide bonds. The molecule has 3 unspecified atom stereocenters. The summed E-state index contributed by atoms with van der Waals surface area (Å²) < 4.78 is 7.63. The van der Waals surface area contributed by atoms with E-state index in [9.17, 15) is 0 Å². The van der Waals surface area contributed by atoms with Crippen LogP contribution >= 0.6 is 0 Å². The van der Waals surface area contributed by atoms with Crippen LogP contribution < -0.4 is 10.6 Å². The lowest BCUT2D eigenvalue weighted by Gasteiger charge is -2.22. The number of nitrogens with one attached hydrogen (secondary N) is 2. The van der Waals surface area contributed by atoms with Crippen molar-refractivity contribution in [3.05, 3.63) is 42.5 Å². The minimum Gasteiger partial charge on any atom is -0.373 e. The second kappa shape index (κ2) is 6.60. The molecule has 2 bridgehead atoms. The maximum absolute atomic E-state index is 5.88. The quantitative estimate of drug-likeness (QED) is 0.653. The number of rotatable bonds is 4. The van der Waals surface area contributed by atoms with Gasteiger partial charge in [-0.3, -0.25) is 4.99 Å². The molecule has 0 radical (unpaired) electrons. The number of benzene rings is 1. The van der Waals surface area contributed by atoms with Crippen LogP contribution in [0.3, 0.4) is 0 Å². The van der Waals surface area contributed by atoms with E-state index in [1.165, 1.54) is 18.3 Å². The first-order valence-corrected chi connectivity index (χ1v) is 8.38. The molecule has 126 valence electrons. The number of hydrogen-bond acceptors (Lipinski definition) is 4. The predicted octanol–water partition coefficient (Wildman–Crippen LogP) is 1.25. The van der Waals surface area contributed by atoms with E-state index in [1.807, 2.05) is 12.1 Å². The van der Waals surface area contributed by atoms with Gasteiger partial charge in [0, 0.05) is 13.6 Å². The van der Waals surface area contributed by atoms with Gasteiger partial charge in [-0.25, -0.2) is 9.67 Å². The Balaban J connectivity index is 1.32. The summed E-state index contributed by atoms with van der Waals surface area (Å²) >= 11 is 0. The first-order valence-electron chi connectivity index (χ1n) is 8.38. The number of guanidine groups is 1. The van der Waals surface area contributed by atoms with Gasteiger partial charge in [-0.1, -0.05) is 12.1 Å². The van der Waals surface area contributed by atoms with E-state index in [4.69, 9.17) is 4.74 Å². The zero-order valence-corrected chi connectivity index (χ0v) is 13.7. The normalized spacial score (nSPS) is 25.9. The second-order valence-corrected chi connectivity index (χ2v) is 6.29. The number of fused-ring (bicyclic) bond motifs is 2. The van der Waals surface area contributed by atoms with Gasteiger partial charge >= 0.3 is 0 Å². The molecule has 0 aliphatic carbocycles. The largest absolute Gasteiger partial charge is 0.373 e. The summed E-state index contributed by atoms with van der Waals surface area (Å²) in [6.07, 6.45) is 7.44. The van der Waals surface area contributed by atoms with Gasteiger partial charge < -0.3 is 15.4 Å². The molecule has 2 aliphatic heterocycles. The summed E-state index contributed by atoms with van der Waals surface area (Å²) in [6.45, 7) is 0.721. The van der Waals surface area contributed by atoms with E-state index in [-0.39, 0.29) is 0 Å². The lowest BCUT2D eigenvalue weighted by Crippen LogP contribution is -2.47. The van der Waals surface area contributed by atoms with Gasteiger partial charge in [0.1, 0.15) is 12.7 Å². The molecule has 1 aromatic heterocycles. The number of aromatic nitrogens is 3. The molecule has 4 rings (SSSR count). The van der Waals surface area contributed by atoms with Crippen molar-refractivity contribution >= 4 is 5.96 Å². The van der Waals surface area contributed by atoms with Crippen LogP contribution in [0.25, 0.3) is 5.69 Å². The van der Waals surface area contributed by atoms with Crippen molar-refractivity contribution < 1.29 is 4.74 Å². The minimum absolute atomic E-state index is 0.343. The molecular weight excluding hydrogens is 304 g/mol. The zero-order valence-electron chi connectivity index (χ0n) is 13.7. The molecule has 2 aliphatic rings. The van der Waals surface area contributed by atoms with Crippen molar-refractivity contribution in [2.24, 2.45) is 4.99 Å². The van der Waals surface area contributed by atoms with Gasteiger partial charge in [0.05, 0.1) is 23.9 Å². The Morgan fingerprint density at radius 1 is 1.33 bits per heavy atom. The lowest BCUT2D eigenvalue weighted by atomic mass is 9.96. The van der Waals surface area contributed by atoms with E-state index in [0.717, 1.165) is 31.0 Å². The van der Waals surface area contributed by atoms with Gasteiger partial charge in [0.15, 0.2) is 5.96 Å². The number of aliphatic imine (C=N–C) groups is 1. The minimum atomic E-state index is 0.343. The van der Waals surface area contributed by atoms with E-state index < -0.39 is 0 Å². The van der Waals surface area contributed by atoms with Crippen molar-refractivity contribution in [1.82, 2.24) is 25.4 Å². The van der Waals surface area contributed by atoms with Gasteiger partial charge in [-0.05, 0) is 37.0 Å². The third kappa shape index (κ3) is 3.12. The Morgan fingerprint density at radius 2 is 2.21 bits per heavy atom. The average molecular weight is 326 g/mol. The van der Waals surface area contributed by atoms with Crippen LogP contribution in [0.4, 0.5) is 0 Å². The highest BCUT2D eigenvalue weighted by Gasteiger charge is 2.41. The van der Waals surface area contributed by atoms with Gasteiger partial charge in [-0.2, -0.15) is 5.10 Å². The molecule has 0 spiro atoms. The first-order chi connectivity index (χ1) is 11.8. The molecular formula is C17H22N6O. The summed E-state index contributed by atoms with van der Waals surface area (Å²) in [4.78, 5) is 8.29. The van der Waals surface area contributed by atoms with Gasteiger partial charge in [0.25, 0.3) is 0 Å². The Kier molecular flexibility index (Phi) is 4.17. The smallest absolute Gasteiger partial charge is 0.191 e. The van der Waals surface area contributed by atoms with Crippen LogP contribution in [0.5, 0.6) is 0 Å². The Labute approximate surface area is 141 Å². The first kappa shape index (κ1) is 15.1. The van der Waals surface area contributed by atoms with Crippen LogP contribution in [0.1, 0.15) is 24.8 Å². The highest BCUT2D eigenvalue weighted by Crippen LogP contribution is 2.34. The molecule has 2 aromatic rings. The van der Waals surface area contributed by atoms with Crippen LogP contribution in [-0.2, 0) is 11.3 Å². The maximum atomic E-state index is 5.88. The van der Waals surface area contributed by atoms with E-state index in [1.54, 1.807) is 18.1 Å². The van der Waals surface area contributed by atoms with Crippen molar-refractivity contribution in [2.45, 2.75) is 44.1 Å². The Bertz CT molecular complexity index is 696. The molecule has 7 nitrogen and oxygen atoms in total. The van der Waals surface area contributed by atoms with Crippen LogP contribution in [0, 0.1) is 0 Å². The standard InChI is InChI=1S/C17H22N6O/c1-18-17(22-15-8-14-6-7-16(15)24-14)20-9-12-2-4-13(5-3-12)23-11-19-10-21-23/h2-5,10-11,14-16H,6-9H2,1H3,(H2,18,20,22). The van der Waals surface area contributed by atoms with Crippen molar-refractivity contribution in [3.8, 4) is 5.69 Å². The summed E-state index contributed by atoms with van der Waals surface area (Å²) in [6, 6.07) is 8.61. The van der Waals surface area contributed by atoms with E-state index >= 15 is 0 Å². The number of ether oxygens (including phenoxy) is 1. The summed E-state index contributed by atoms with van der Waals surface area (Å²) in [7, 11) is 1.80. The fourth-order valence-corrected chi connectivity index (χ4v) is 3.45. The molecule has 24 heavy (non-hydrogen) atoms. The third-order valence-corrected chi connectivity index (χ3v) is 4.73. The lowest BCUT2D eigenvalue weighted by molar-refractivity contribution is 0.0992. The summed E-state index contributed by atoms with van der Waals surface area (Å²) in [5, 5.41) is 11.0. The molecule has 2 fully saturated rings. The molecule has 7 heteroatoms. The van der Waals surface area contributed by atoms with Gasteiger partial charge in [0.2, 0.25) is 0 Å². The van der Waals surface area contributed by atoms with E-state index in [0.29, 0.717) is 18.2 Å². The van der Waals surface area contributed by atoms with E-state index in [2.05, 4.69) is 37.8 Å². The highest BCUT2D eigenvalue weighted by molar-refractivity contribution is 5.80. The zero-order chi connectivity index (χ0) is 16.4. The topological polar surface area (TPSA) is 76.4 Å². The molecule has 1 aromatic carbocycles. The summed E-state index contributed by atoms with van der Waals surface area (Å²) in [5.74, 6) is 0.830. The number of nitrogens with zero attached hydrogens (tertiary/aromatic N) is 4. The van der Waals surface area contributed by atoms with Crippen molar-refractivity contribution in [3.63, 3.8) is 0 Å².